The van der Waals surface area contributed by atoms with Crippen molar-refractivity contribution in [3.63, 3.8) is 0 Å². The van der Waals surface area contributed by atoms with Crippen LogP contribution in [0.1, 0.15) is 77.8 Å². The molecule has 2 aliphatic rings. The van der Waals surface area contributed by atoms with Crippen LogP contribution < -0.4 is 0 Å². The van der Waals surface area contributed by atoms with Crippen LogP contribution in [0.15, 0.2) is 18.3 Å². The highest BCUT2D eigenvalue weighted by molar-refractivity contribution is 5.85. The van der Waals surface area contributed by atoms with Crippen molar-refractivity contribution in [2.45, 2.75) is 90.8 Å². The fraction of sp³-hybridized carbons (Fsp3) is 0.739. The molecule has 3 rings (SSSR count). The molecular weight excluding hydrogens is 350 g/mol. The Hall–Kier alpha value is -1.78. The lowest BCUT2D eigenvalue weighted by molar-refractivity contribution is -0.145. The SMILES string of the molecule is Cn1cccc1CN(C(=O)CN(C(=O)CC(C)(C)C)C1CCCCC1)C1CC1. The molecule has 0 bridgehead atoms. The Morgan fingerprint density at radius 2 is 1.64 bits per heavy atom. The monoisotopic (exact) mass is 387 g/mol. The summed E-state index contributed by atoms with van der Waals surface area (Å²) in [5, 5.41) is 0. The summed E-state index contributed by atoms with van der Waals surface area (Å²) in [6.07, 6.45) is 10.3. The Labute approximate surface area is 170 Å². The van der Waals surface area contributed by atoms with Gasteiger partial charge in [-0.1, -0.05) is 40.0 Å². The zero-order chi connectivity index (χ0) is 20.3. The van der Waals surface area contributed by atoms with E-state index in [4.69, 9.17) is 0 Å². The van der Waals surface area contributed by atoms with Gasteiger partial charge in [0.15, 0.2) is 0 Å². The van der Waals surface area contributed by atoms with E-state index in [0.717, 1.165) is 44.2 Å². The number of aryl methyl sites for hydroxylation is 1. The highest BCUT2D eigenvalue weighted by Gasteiger charge is 2.36. The van der Waals surface area contributed by atoms with Gasteiger partial charge < -0.3 is 14.4 Å². The summed E-state index contributed by atoms with van der Waals surface area (Å²) >= 11 is 0. The van der Waals surface area contributed by atoms with Gasteiger partial charge in [-0.25, -0.2) is 0 Å². The van der Waals surface area contributed by atoms with Gasteiger partial charge in [0.2, 0.25) is 11.8 Å². The lowest BCUT2D eigenvalue weighted by Gasteiger charge is -2.37. The third-order valence-electron chi connectivity index (χ3n) is 6.01. The highest BCUT2D eigenvalue weighted by Crippen LogP contribution is 2.30. The molecular formula is C23H37N3O2. The molecule has 0 saturated heterocycles. The molecule has 5 heteroatoms. The first-order chi connectivity index (χ1) is 13.2. The van der Waals surface area contributed by atoms with Gasteiger partial charge in [0, 0.05) is 37.4 Å². The largest absolute Gasteiger partial charge is 0.353 e. The smallest absolute Gasteiger partial charge is 0.242 e. The van der Waals surface area contributed by atoms with Crippen molar-refractivity contribution in [2.75, 3.05) is 6.54 Å². The van der Waals surface area contributed by atoms with Crippen molar-refractivity contribution >= 4 is 11.8 Å². The van der Waals surface area contributed by atoms with Gasteiger partial charge in [0.05, 0.1) is 6.54 Å². The molecule has 2 saturated carbocycles. The van der Waals surface area contributed by atoms with Crippen LogP contribution in [0.2, 0.25) is 0 Å². The molecule has 2 fully saturated rings. The summed E-state index contributed by atoms with van der Waals surface area (Å²) in [4.78, 5) is 30.4. The molecule has 0 unspecified atom stereocenters. The lowest BCUT2D eigenvalue weighted by atomic mass is 9.89. The van der Waals surface area contributed by atoms with E-state index in [1.807, 2.05) is 29.1 Å². The Morgan fingerprint density at radius 1 is 1.00 bits per heavy atom. The maximum absolute atomic E-state index is 13.3. The Morgan fingerprint density at radius 3 is 2.18 bits per heavy atom. The zero-order valence-corrected chi connectivity index (χ0v) is 18.1. The molecule has 156 valence electrons. The number of hydrogen-bond donors (Lipinski definition) is 0. The van der Waals surface area contributed by atoms with E-state index >= 15 is 0 Å². The number of hydrogen-bond acceptors (Lipinski definition) is 2. The second-order valence-corrected chi connectivity index (χ2v) is 9.91. The van der Waals surface area contributed by atoms with E-state index in [1.54, 1.807) is 0 Å². The summed E-state index contributed by atoms with van der Waals surface area (Å²) < 4.78 is 2.08. The third-order valence-corrected chi connectivity index (χ3v) is 6.01. The highest BCUT2D eigenvalue weighted by atomic mass is 16.2. The van der Waals surface area contributed by atoms with Crippen molar-refractivity contribution < 1.29 is 9.59 Å². The Balaban J connectivity index is 1.72. The fourth-order valence-electron chi connectivity index (χ4n) is 4.25. The Bertz CT molecular complexity index is 678. The van der Waals surface area contributed by atoms with Crippen molar-refractivity contribution in [2.24, 2.45) is 12.5 Å². The van der Waals surface area contributed by atoms with Crippen LogP contribution in [0.25, 0.3) is 0 Å². The predicted molar refractivity (Wildman–Crippen MR) is 112 cm³/mol. The quantitative estimate of drug-likeness (QED) is 0.707. The Kier molecular flexibility index (Phi) is 6.51. The minimum atomic E-state index is -0.0632. The minimum absolute atomic E-state index is 0.0632. The molecule has 28 heavy (non-hydrogen) atoms. The average molecular weight is 388 g/mol. The first-order valence-corrected chi connectivity index (χ1v) is 10.9. The molecule has 0 atom stereocenters. The van der Waals surface area contributed by atoms with Crippen molar-refractivity contribution in [3.05, 3.63) is 24.0 Å². The van der Waals surface area contributed by atoms with Gasteiger partial charge in [-0.2, -0.15) is 0 Å². The first-order valence-electron chi connectivity index (χ1n) is 10.9. The molecule has 5 nitrogen and oxygen atoms in total. The molecule has 0 N–H and O–H groups in total. The lowest BCUT2D eigenvalue weighted by Crippen LogP contribution is -2.49. The fourth-order valence-corrected chi connectivity index (χ4v) is 4.25. The third kappa shape index (κ3) is 5.62. The summed E-state index contributed by atoms with van der Waals surface area (Å²) in [5.41, 5.74) is 1.08. The summed E-state index contributed by atoms with van der Waals surface area (Å²) in [5.74, 6) is 0.249. The second-order valence-electron chi connectivity index (χ2n) is 9.91. The van der Waals surface area contributed by atoms with E-state index in [2.05, 4.69) is 31.4 Å². The van der Waals surface area contributed by atoms with Crippen molar-refractivity contribution in [3.8, 4) is 0 Å². The van der Waals surface area contributed by atoms with Crippen molar-refractivity contribution in [1.29, 1.82) is 0 Å². The number of amides is 2. The van der Waals surface area contributed by atoms with Crippen LogP contribution in [0, 0.1) is 5.41 Å². The van der Waals surface area contributed by atoms with E-state index in [9.17, 15) is 9.59 Å². The number of aromatic nitrogens is 1. The van der Waals surface area contributed by atoms with Gasteiger partial charge in [0.25, 0.3) is 0 Å². The average Bonchev–Trinajstić information content (AvgIpc) is 3.39. The van der Waals surface area contributed by atoms with Crippen LogP contribution in [0.3, 0.4) is 0 Å². The molecule has 0 spiro atoms. The molecule has 0 aliphatic heterocycles. The van der Waals surface area contributed by atoms with E-state index in [0.29, 0.717) is 19.0 Å². The molecule has 2 amide bonds. The zero-order valence-electron chi connectivity index (χ0n) is 18.1. The molecule has 0 radical (unpaired) electrons. The van der Waals surface area contributed by atoms with Gasteiger partial charge >= 0.3 is 0 Å². The predicted octanol–water partition coefficient (Wildman–Crippen LogP) is 4.11. The number of carbonyl (C=O) groups is 2. The topological polar surface area (TPSA) is 45.6 Å². The van der Waals surface area contributed by atoms with E-state index < -0.39 is 0 Å². The standard InChI is InChI=1S/C23H37N3O2/c1-23(2,3)15-21(27)26(18-9-6-5-7-10-18)17-22(28)25(19-12-13-19)16-20-11-8-14-24(20)4/h8,11,14,18-19H,5-7,9-10,12-13,15-17H2,1-4H3. The maximum Gasteiger partial charge on any atom is 0.242 e. The van der Waals surface area contributed by atoms with E-state index in [1.165, 1.54) is 6.42 Å². The van der Waals surface area contributed by atoms with Crippen LogP contribution in [-0.2, 0) is 23.2 Å². The van der Waals surface area contributed by atoms with Gasteiger partial charge in [-0.15, -0.1) is 0 Å². The maximum atomic E-state index is 13.3. The number of rotatable bonds is 7. The molecule has 1 aromatic rings. The van der Waals surface area contributed by atoms with E-state index in [-0.39, 0.29) is 29.8 Å². The molecule has 2 aliphatic carbocycles. The molecule has 1 heterocycles. The summed E-state index contributed by atoms with van der Waals surface area (Å²) in [6, 6.07) is 4.66. The summed E-state index contributed by atoms with van der Waals surface area (Å²) in [7, 11) is 2.02. The minimum Gasteiger partial charge on any atom is -0.353 e. The number of carbonyl (C=O) groups excluding carboxylic acids is 2. The van der Waals surface area contributed by atoms with Crippen LogP contribution in [0.4, 0.5) is 0 Å². The molecule has 0 aromatic carbocycles. The van der Waals surface area contributed by atoms with Crippen LogP contribution in [0.5, 0.6) is 0 Å². The van der Waals surface area contributed by atoms with Crippen molar-refractivity contribution in [1.82, 2.24) is 14.4 Å². The number of nitrogens with zero attached hydrogens (tertiary/aromatic N) is 3. The molecule has 1 aromatic heterocycles. The first kappa shape index (κ1) is 20.9. The summed E-state index contributed by atoms with van der Waals surface area (Å²) in [6.45, 7) is 7.16. The van der Waals surface area contributed by atoms with Crippen LogP contribution in [-0.4, -0.2) is 44.8 Å². The van der Waals surface area contributed by atoms with Gasteiger partial charge in [0.1, 0.15) is 6.54 Å². The van der Waals surface area contributed by atoms with Crippen LogP contribution >= 0.6 is 0 Å². The second kappa shape index (κ2) is 8.71. The van der Waals surface area contributed by atoms with Gasteiger partial charge in [-0.05, 0) is 43.2 Å². The normalized spacial score (nSPS) is 18.1. The van der Waals surface area contributed by atoms with Gasteiger partial charge in [-0.3, -0.25) is 9.59 Å².